The number of nitrogens with zero attached hydrogens (tertiary/aromatic N) is 2. The number of aryl methyl sites for hydroxylation is 2. The van der Waals surface area contributed by atoms with Gasteiger partial charge in [0, 0.05) is 44.1 Å². The molecule has 0 aliphatic carbocycles. The van der Waals surface area contributed by atoms with E-state index in [-0.39, 0.29) is 5.70 Å². The molecule has 1 aliphatic rings. The lowest BCUT2D eigenvalue weighted by atomic mass is 9.88. The monoisotopic (exact) mass is 546 g/mol. The van der Waals surface area contributed by atoms with Crippen LogP contribution in [0.15, 0.2) is 61.3 Å². The molecule has 0 amide bonds. The molecule has 1 unspecified atom stereocenters. The summed E-state index contributed by atoms with van der Waals surface area (Å²) in [6.07, 6.45) is 3.70. The zero-order chi connectivity index (χ0) is 27.9. The van der Waals surface area contributed by atoms with Gasteiger partial charge in [-0.25, -0.2) is 0 Å². The molecule has 1 aliphatic heterocycles. The second-order valence-electron chi connectivity index (χ2n) is 10.7. The average Bonchev–Trinajstić information content (AvgIpc) is 2.88. The highest BCUT2D eigenvalue weighted by molar-refractivity contribution is 6.32. The van der Waals surface area contributed by atoms with Crippen LogP contribution in [0.5, 0.6) is 0 Å². The first-order valence-corrected chi connectivity index (χ1v) is 14.1. The summed E-state index contributed by atoms with van der Waals surface area (Å²) in [6.45, 7) is 11.3. The van der Waals surface area contributed by atoms with E-state index in [1.54, 1.807) is 18.2 Å². The summed E-state index contributed by atoms with van der Waals surface area (Å²) >= 11 is 6.48. The van der Waals surface area contributed by atoms with Crippen LogP contribution in [-0.2, 0) is 12.8 Å². The highest BCUT2D eigenvalue weighted by Gasteiger charge is 2.44. The van der Waals surface area contributed by atoms with Crippen LogP contribution in [0.3, 0.4) is 0 Å². The highest BCUT2D eigenvalue weighted by atomic mass is 35.5. The summed E-state index contributed by atoms with van der Waals surface area (Å²) in [6, 6.07) is 13.1. The van der Waals surface area contributed by atoms with Crippen LogP contribution in [0.1, 0.15) is 73.6 Å². The molecule has 0 radical (unpaired) electrons. The molecular formula is C32H42ClF3N2. The third-order valence-corrected chi connectivity index (χ3v) is 8.15. The van der Waals surface area contributed by atoms with Crippen LogP contribution < -0.4 is 0 Å². The van der Waals surface area contributed by atoms with Crippen molar-refractivity contribution in [2.75, 3.05) is 27.2 Å². The smallest absolute Gasteiger partial charge is 0.378 e. The number of benzene rings is 2. The van der Waals surface area contributed by atoms with Crippen LogP contribution >= 0.6 is 11.6 Å². The van der Waals surface area contributed by atoms with Gasteiger partial charge in [-0.05, 0) is 60.8 Å². The van der Waals surface area contributed by atoms with Crippen molar-refractivity contribution in [1.82, 2.24) is 9.80 Å². The minimum Gasteiger partial charge on any atom is -0.378 e. The number of rotatable bonds is 12. The van der Waals surface area contributed by atoms with Crippen molar-refractivity contribution in [2.24, 2.45) is 5.92 Å². The summed E-state index contributed by atoms with van der Waals surface area (Å²) in [5, 5.41) is 0.736. The standard InChI is InChI=1S/C32H42ClF3N2/c1-6-25-13-10-14-28(21-25)31(32(34,35)36)24(3)38-19-17-26(18-20-38)11-8-7-9-12-27-15-16-29(30(33)22-27)23(2)37(4)5/h10,13-16,21-22,26,31H,2-3,6-9,11-12,17-20H2,1,4-5H3. The second kappa shape index (κ2) is 13.6. The van der Waals surface area contributed by atoms with Gasteiger partial charge in [0.2, 0.25) is 0 Å². The van der Waals surface area contributed by atoms with E-state index in [1.165, 1.54) is 5.56 Å². The van der Waals surface area contributed by atoms with E-state index in [2.05, 4.69) is 19.2 Å². The number of piperidine rings is 1. The quantitative estimate of drug-likeness (QED) is 0.245. The van der Waals surface area contributed by atoms with Gasteiger partial charge in [-0.2, -0.15) is 13.2 Å². The lowest BCUT2D eigenvalue weighted by Gasteiger charge is -2.38. The molecule has 0 spiro atoms. The molecule has 1 atom stereocenters. The number of likely N-dealkylation sites (tertiary alicyclic amines) is 1. The highest BCUT2D eigenvalue weighted by Crippen LogP contribution is 2.42. The van der Waals surface area contributed by atoms with Gasteiger partial charge in [-0.1, -0.05) is 87.3 Å². The lowest BCUT2D eigenvalue weighted by molar-refractivity contribution is -0.146. The molecule has 2 aromatic rings. The molecular weight excluding hydrogens is 505 g/mol. The van der Waals surface area contributed by atoms with Crippen LogP contribution in [-0.4, -0.2) is 43.2 Å². The Morgan fingerprint density at radius 1 is 1.03 bits per heavy atom. The number of hydrogen-bond acceptors (Lipinski definition) is 2. The molecule has 208 valence electrons. The Balaban J connectivity index is 1.43. The summed E-state index contributed by atoms with van der Waals surface area (Å²) in [7, 11) is 3.91. The fourth-order valence-corrected chi connectivity index (χ4v) is 5.69. The predicted molar refractivity (Wildman–Crippen MR) is 154 cm³/mol. The van der Waals surface area contributed by atoms with Gasteiger partial charge < -0.3 is 9.80 Å². The van der Waals surface area contributed by atoms with E-state index in [9.17, 15) is 13.2 Å². The third kappa shape index (κ3) is 8.05. The van der Waals surface area contributed by atoms with Crippen molar-refractivity contribution in [1.29, 1.82) is 0 Å². The minimum atomic E-state index is -4.36. The zero-order valence-electron chi connectivity index (χ0n) is 23.1. The Morgan fingerprint density at radius 2 is 1.74 bits per heavy atom. The minimum absolute atomic E-state index is 0.183. The van der Waals surface area contributed by atoms with Gasteiger partial charge in [0.25, 0.3) is 0 Å². The fourth-order valence-electron chi connectivity index (χ4n) is 5.38. The van der Waals surface area contributed by atoms with E-state index >= 15 is 0 Å². The van der Waals surface area contributed by atoms with Crippen LogP contribution in [0.2, 0.25) is 5.02 Å². The number of halogens is 4. The SMILES string of the molecule is C=C(c1ccc(CCCCCC2CCN(C(=C)C(c3cccc(CC)c3)C(F)(F)F)CC2)cc1Cl)N(C)C. The number of unbranched alkanes of at least 4 members (excludes halogenated alkanes) is 2. The summed E-state index contributed by atoms with van der Waals surface area (Å²) < 4.78 is 42.3. The normalized spacial score (nSPS) is 15.4. The Kier molecular flexibility index (Phi) is 10.8. The second-order valence-corrected chi connectivity index (χ2v) is 11.2. The molecule has 1 fully saturated rings. The Hall–Kier alpha value is -2.40. The molecule has 0 N–H and O–H groups in total. The number of hydrogen-bond donors (Lipinski definition) is 0. The topological polar surface area (TPSA) is 6.48 Å². The molecule has 0 saturated carbocycles. The van der Waals surface area contributed by atoms with Gasteiger partial charge in [0.1, 0.15) is 5.92 Å². The molecule has 38 heavy (non-hydrogen) atoms. The first-order chi connectivity index (χ1) is 18.0. The molecule has 3 rings (SSSR count). The fraction of sp³-hybridized carbons (Fsp3) is 0.500. The third-order valence-electron chi connectivity index (χ3n) is 7.84. The summed E-state index contributed by atoms with van der Waals surface area (Å²) in [5.41, 5.74) is 4.49. The maximum Gasteiger partial charge on any atom is 0.401 e. The molecule has 0 bridgehead atoms. The summed E-state index contributed by atoms with van der Waals surface area (Å²) in [4.78, 5) is 3.83. The molecule has 1 heterocycles. The van der Waals surface area contributed by atoms with E-state index < -0.39 is 12.1 Å². The number of alkyl halides is 3. The van der Waals surface area contributed by atoms with Gasteiger partial charge in [0.15, 0.2) is 0 Å². The van der Waals surface area contributed by atoms with Crippen molar-refractivity contribution in [3.63, 3.8) is 0 Å². The van der Waals surface area contributed by atoms with Crippen molar-refractivity contribution in [3.8, 4) is 0 Å². The molecule has 6 heteroatoms. The van der Waals surface area contributed by atoms with Crippen LogP contribution in [0, 0.1) is 5.92 Å². The van der Waals surface area contributed by atoms with Crippen molar-refractivity contribution >= 4 is 17.3 Å². The van der Waals surface area contributed by atoms with Gasteiger partial charge in [-0.15, -0.1) is 0 Å². The van der Waals surface area contributed by atoms with E-state index in [4.69, 9.17) is 11.6 Å². The largest absolute Gasteiger partial charge is 0.401 e. The maximum atomic E-state index is 14.1. The summed E-state index contributed by atoms with van der Waals surface area (Å²) in [5.74, 6) is -1.08. The lowest BCUT2D eigenvalue weighted by Crippen LogP contribution is -2.38. The van der Waals surface area contributed by atoms with Crippen molar-refractivity contribution in [3.05, 3.63) is 88.6 Å². The Morgan fingerprint density at radius 3 is 2.34 bits per heavy atom. The van der Waals surface area contributed by atoms with Crippen molar-refractivity contribution in [2.45, 2.75) is 70.4 Å². The van der Waals surface area contributed by atoms with Gasteiger partial charge in [-0.3, -0.25) is 0 Å². The van der Waals surface area contributed by atoms with Crippen molar-refractivity contribution < 1.29 is 13.2 Å². The van der Waals surface area contributed by atoms with E-state index in [0.29, 0.717) is 31.0 Å². The first kappa shape index (κ1) is 30.1. The van der Waals surface area contributed by atoms with E-state index in [0.717, 1.165) is 66.8 Å². The van der Waals surface area contributed by atoms with E-state index in [1.807, 2.05) is 49.0 Å². The predicted octanol–water partition coefficient (Wildman–Crippen LogP) is 9.11. The van der Waals surface area contributed by atoms with Gasteiger partial charge in [0.05, 0.1) is 5.02 Å². The molecule has 2 nitrogen and oxygen atoms in total. The molecule has 2 aromatic carbocycles. The average molecular weight is 547 g/mol. The first-order valence-electron chi connectivity index (χ1n) is 13.8. The molecule has 0 aromatic heterocycles. The van der Waals surface area contributed by atoms with Crippen LogP contribution in [0.25, 0.3) is 5.70 Å². The maximum absolute atomic E-state index is 14.1. The zero-order valence-corrected chi connectivity index (χ0v) is 23.8. The van der Waals surface area contributed by atoms with Gasteiger partial charge >= 0.3 is 6.18 Å². The number of allylic oxidation sites excluding steroid dienone is 1. The Labute approximate surface area is 232 Å². The van der Waals surface area contributed by atoms with Crippen LogP contribution in [0.4, 0.5) is 13.2 Å². The Bertz CT molecular complexity index is 1080. The molecule has 1 saturated heterocycles.